The van der Waals surface area contributed by atoms with E-state index in [0.29, 0.717) is 30.6 Å². The van der Waals surface area contributed by atoms with E-state index in [1.54, 1.807) is 0 Å². The Kier molecular flexibility index (Phi) is 22.7. The van der Waals surface area contributed by atoms with Crippen LogP contribution >= 0.6 is 0 Å². The van der Waals surface area contributed by atoms with E-state index < -0.39 is 123 Å². The van der Waals surface area contributed by atoms with Gasteiger partial charge in [-0.2, -0.15) is 0 Å². The Bertz CT molecular complexity index is 1630. The summed E-state index contributed by atoms with van der Waals surface area (Å²) in [5.74, 6) is -44.7. The molecule has 3 rings (SSSR count). The van der Waals surface area contributed by atoms with Crippen LogP contribution in [0.2, 0.25) is 0 Å². The number of hydrogen-bond donors (Lipinski definition) is 0. The van der Waals surface area contributed by atoms with Gasteiger partial charge >= 0.3 is 0 Å². The number of benzene rings is 3. The predicted molar refractivity (Wildman–Crippen MR) is 212 cm³/mol. The third-order valence-electron chi connectivity index (χ3n) is 11.8. The standard InChI is InChI=1S/C47H58F15N/c1-3-5-7-9-11-13-15-17-19-21-23-25-27-63(28-26-24-22-20-18-16-14-12-10-8-6-4-2)47(29-32(48)38(54)44(60)39(55)33(29)49,30-34(50)40(56)45(61)41(57)35(30)51)31-36(52)42(58)46(62)43(59)37(31)53/h3-28H2,1-2H3. The molecule has 356 valence electrons. The number of nitrogens with zero attached hydrogens (tertiary/aromatic N) is 1. The summed E-state index contributed by atoms with van der Waals surface area (Å²) in [4.78, 5) is 0.300. The van der Waals surface area contributed by atoms with E-state index >= 15 is 52.7 Å². The molecule has 1 nitrogen and oxygen atoms in total. The lowest BCUT2D eigenvalue weighted by molar-refractivity contribution is 0.119. The Labute approximate surface area is 360 Å². The molecule has 0 radical (unpaired) electrons. The van der Waals surface area contributed by atoms with Gasteiger partial charge in [0.1, 0.15) is 5.54 Å². The van der Waals surface area contributed by atoms with Crippen LogP contribution in [-0.4, -0.2) is 18.0 Å². The second-order valence-electron chi connectivity index (χ2n) is 16.3. The zero-order chi connectivity index (χ0) is 46.9. The topological polar surface area (TPSA) is 3.24 Å². The molecule has 0 saturated carbocycles. The third-order valence-corrected chi connectivity index (χ3v) is 11.8. The average Bonchev–Trinajstić information content (AvgIpc) is 3.27. The van der Waals surface area contributed by atoms with Gasteiger partial charge in [-0.1, -0.05) is 155 Å². The highest BCUT2D eigenvalue weighted by Gasteiger charge is 2.56. The van der Waals surface area contributed by atoms with Crippen LogP contribution in [-0.2, 0) is 5.54 Å². The molecule has 63 heavy (non-hydrogen) atoms. The fourth-order valence-corrected chi connectivity index (χ4v) is 8.35. The van der Waals surface area contributed by atoms with Crippen LogP contribution in [0.3, 0.4) is 0 Å². The van der Waals surface area contributed by atoms with E-state index in [-0.39, 0.29) is 25.7 Å². The molecule has 3 aromatic carbocycles. The molecule has 0 fully saturated rings. The molecule has 0 unspecified atom stereocenters. The molecule has 16 heteroatoms. The Morgan fingerprint density at radius 1 is 0.238 bits per heavy atom. The number of hydrogen-bond acceptors (Lipinski definition) is 1. The van der Waals surface area contributed by atoms with Crippen LogP contribution in [0.1, 0.15) is 185 Å². The van der Waals surface area contributed by atoms with Gasteiger partial charge in [0.2, 0.25) is 17.5 Å². The molecule has 0 bridgehead atoms. The predicted octanol–water partition coefficient (Wildman–Crippen LogP) is 16.8. The first-order chi connectivity index (χ1) is 30.0. The second kappa shape index (κ2) is 26.5. The quantitative estimate of drug-likeness (QED) is 0.0212. The van der Waals surface area contributed by atoms with Crippen LogP contribution < -0.4 is 0 Å². The molecular weight excluding hydrogens is 863 g/mol. The highest BCUT2D eigenvalue weighted by atomic mass is 19.2. The maximum Gasteiger partial charge on any atom is 0.200 e. The normalized spacial score (nSPS) is 12.1. The van der Waals surface area contributed by atoms with E-state index in [0.717, 1.165) is 103 Å². The lowest BCUT2D eigenvalue weighted by Gasteiger charge is -2.46. The van der Waals surface area contributed by atoms with Gasteiger partial charge in [0, 0.05) is 0 Å². The van der Waals surface area contributed by atoms with Crippen molar-refractivity contribution in [3.63, 3.8) is 0 Å². The largest absolute Gasteiger partial charge is 0.286 e. The van der Waals surface area contributed by atoms with Gasteiger partial charge in [0.25, 0.3) is 0 Å². The minimum Gasteiger partial charge on any atom is -0.286 e. The zero-order valence-corrected chi connectivity index (χ0v) is 36.0. The van der Waals surface area contributed by atoms with Crippen molar-refractivity contribution in [2.75, 3.05) is 13.1 Å². The van der Waals surface area contributed by atoms with Gasteiger partial charge in [-0.25, -0.2) is 65.9 Å². The molecule has 0 N–H and O–H groups in total. The average molecular weight is 922 g/mol. The first kappa shape index (κ1) is 53.9. The van der Waals surface area contributed by atoms with Gasteiger partial charge in [-0.3, -0.25) is 4.90 Å². The van der Waals surface area contributed by atoms with Crippen molar-refractivity contribution in [3.8, 4) is 0 Å². The summed E-state index contributed by atoms with van der Waals surface area (Å²) in [6.07, 6.45) is 17.7. The molecule has 0 aliphatic rings. The molecule has 0 aromatic heterocycles. The molecule has 0 aliphatic heterocycles. The van der Waals surface area contributed by atoms with Crippen LogP contribution in [0.5, 0.6) is 0 Å². The zero-order valence-electron chi connectivity index (χ0n) is 36.0. The fourth-order valence-electron chi connectivity index (χ4n) is 8.35. The van der Waals surface area contributed by atoms with Crippen molar-refractivity contribution < 1.29 is 65.9 Å². The molecule has 0 atom stereocenters. The summed E-state index contributed by atoms with van der Waals surface area (Å²) in [5, 5.41) is 0. The van der Waals surface area contributed by atoms with E-state index in [1.807, 2.05) is 0 Å². The smallest absolute Gasteiger partial charge is 0.200 e. The van der Waals surface area contributed by atoms with Gasteiger partial charge in [0.05, 0.1) is 16.7 Å². The first-order valence-corrected chi connectivity index (χ1v) is 22.4. The van der Waals surface area contributed by atoms with Crippen LogP contribution in [0, 0.1) is 87.3 Å². The van der Waals surface area contributed by atoms with Gasteiger partial charge in [0.15, 0.2) is 69.8 Å². The van der Waals surface area contributed by atoms with E-state index in [9.17, 15) is 13.2 Å². The first-order valence-electron chi connectivity index (χ1n) is 22.4. The van der Waals surface area contributed by atoms with Crippen molar-refractivity contribution in [1.29, 1.82) is 0 Å². The van der Waals surface area contributed by atoms with Crippen molar-refractivity contribution >= 4 is 0 Å². The highest BCUT2D eigenvalue weighted by molar-refractivity contribution is 5.54. The fraction of sp³-hybridized carbons (Fsp3) is 0.617. The molecule has 3 aromatic rings. The number of unbranched alkanes of at least 4 members (excludes halogenated alkanes) is 22. The summed E-state index contributed by atoms with van der Waals surface area (Å²) in [6.45, 7) is 2.40. The van der Waals surface area contributed by atoms with Crippen molar-refractivity contribution in [2.24, 2.45) is 0 Å². The van der Waals surface area contributed by atoms with Gasteiger partial charge in [-0.05, 0) is 25.9 Å². The summed E-state index contributed by atoms with van der Waals surface area (Å²) < 4.78 is 233. The minimum atomic E-state index is -4.62. The molecule has 0 saturated heterocycles. The Balaban J connectivity index is 2.24. The summed E-state index contributed by atoms with van der Waals surface area (Å²) in [5.41, 5.74) is -12.5. The molecule has 0 amide bonds. The minimum absolute atomic E-state index is 0.132. The maximum atomic E-state index is 16.3. The highest BCUT2D eigenvalue weighted by Crippen LogP contribution is 2.51. The molecular formula is C47H58F15N. The van der Waals surface area contributed by atoms with Crippen LogP contribution in [0.15, 0.2) is 0 Å². The summed E-state index contributed by atoms with van der Waals surface area (Å²) in [6, 6.07) is 0. The second-order valence-corrected chi connectivity index (χ2v) is 16.3. The maximum absolute atomic E-state index is 16.3. The SMILES string of the molecule is CCCCCCCCCCCCCCN(CCCCCCCCCCCCCC)C(c1c(F)c(F)c(F)c(F)c1F)(c1c(F)c(F)c(F)c(F)c1F)c1c(F)c(F)c(F)c(F)c1F. The van der Waals surface area contributed by atoms with E-state index in [2.05, 4.69) is 13.8 Å². The van der Waals surface area contributed by atoms with Crippen molar-refractivity contribution in [3.05, 3.63) is 104 Å². The van der Waals surface area contributed by atoms with Crippen molar-refractivity contribution in [1.82, 2.24) is 4.90 Å². The van der Waals surface area contributed by atoms with Crippen LogP contribution in [0.4, 0.5) is 65.9 Å². The lowest BCUT2D eigenvalue weighted by Crippen LogP contribution is -2.53. The number of halogens is 15. The third kappa shape index (κ3) is 12.9. The lowest BCUT2D eigenvalue weighted by atomic mass is 9.73. The van der Waals surface area contributed by atoms with Crippen LogP contribution in [0.25, 0.3) is 0 Å². The summed E-state index contributed by atoms with van der Waals surface area (Å²) in [7, 11) is 0. The van der Waals surface area contributed by atoms with Gasteiger partial charge in [-0.15, -0.1) is 0 Å². The Morgan fingerprint density at radius 3 is 0.587 bits per heavy atom. The number of rotatable bonds is 30. The molecule has 0 heterocycles. The van der Waals surface area contributed by atoms with E-state index in [4.69, 9.17) is 0 Å². The summed E-state index contributed by atoms with van der Waals surface area (Å²) >= 11 is 0. The monoisotopic (exact) mass is 921 g/mol. The molecule has 0 aliphatic carbocycles. The van der Waals surface area contributed by atoms with Gasteiger partial charge < -0.3 is 0 Å². The molecule has 0 spiro atoms. The Morgan fingerprint density at radius 2 is 0.397 bits per heavy atom. The van der Waals surface area contributed by atoms with Crippen molar-refractivity contribution in [2.45, 2.75) is 173 Å². The Hall–Kier alpha value is -3.43. The van der Waals surface area contributed by atoms with E-state index in [1.165, 1.54) is 0 Å².